The van der Waals surface area contributed by atoms with Crippen LogP contribution in [0.5, 0.6) is 0 Å². The Balaban J connectivity index is 1.10. The van der Waals surface area contributed by atoms with Crippen molar-refractivity contribution < 1.29 is 38.4 Å². The molecular formula is C64H80N10O8. The number of rotatable bonds is 20. The van der Waals surface area contributed by atoms with E-state index in [2.05, 4.69) is 42.5 Å². The standard InChI is InChI=1S/C64H80N10O8/c1-39(65-9)55(75)71-53(63(3,4)5)61(81)73-37-47(35-49(73)59(79)69-51(41-23-15-11-16-24-41)42-25-17-12-18-26-42)67-57(77)45-31-33-46(34-32-45)58(78)68-48-36-50(74(38-48)62(82)54(64(6,7)8)72-56(76)40(2)66-10)60(80)70-52(43-27-19-13-20-28-43)44-29-21-14-22-30-44/h11-34,39-40,47-54,65-66H,35-38H2,1-10H3,(H,67,77)(H,68,78)(H,69,79)(H,70,80)(H,71,75)(H,72,76)/t39-,40-,47-,48-,49-,50-,53+,54?/m0/s1. The first kappa shape index (κ1) is 61.4. The number of nitrogens with zero attached hydrogens (tertiary/aromatic N) is 2. The Hall–Kier alpha value is -8.22. The molecule has 2 saturated heterocycles. The van der Waals surface area contributed by atoms with Crippen molar-refractivity contribution in [3.63, 3.8) is 0 Å². The topological polar surface area (TPSA) is 239 Å². The molecule has 5 aromatic carbocycles. The van der Waals surface area contributed by atoms with Crippen LogP contribution < -0.4 is 42.5 Å². The fourth-order valence-corrected chi connectivity index (χ4v) is 10.4. The Labute approximate surface area is 481 Å². The maximum absolute atomic E-state index is 14.8. The van der Waals surface area contributed by atoms with Gasteiger partial charge < -0.3 is 52.3 Å². The zero-order valence-electron chi connectivity index (χ0n) is 48.6. The van der Waals surface area contributed by atoms with Gasteiger partial charge in [-0.2, -0.15) is 0 Å². The molecule has 0 spiro atoms. The minimum atomic E-state index is -1.04. The summed E-state index contributed by atoms with van der Waals surface area (Å²) in [6.07, 6.45) is 0.129. The van der Waals surface area contributed by atoms with Crippen LogP contribution in [0, 0.1) is 10.8 Å². The molecule has 0 aliphatic carbocycles. The molecule has 5 aromatic rings. The molecule has 0 saturated carbocycles. The highest BCUT2D eigenvalue weighted by Gasteiger charge is 2.48. The van der Waals surface area contributed by atoms with Crippen molar-refractivity contribution in [3.05, 3.63) is 179 Å². The van der Waals surface area contributed by atoms with Crippen molar-refractivity contribution in [2.75, 3.05) is 27.2 Å². The van der Waals surface area contributed by atoms with Crippen molar-refractivity contribution in [2.45, 2.75) is 129 Å². The summed E-state index contributed by atoms with van der Waals surface area (Å²) < 4.78 is 0. The molecule has 1 unspecified atom stereocenters. The lowest BCUT2D eigenvalue weighted by molar-refractivity contribution is -0.144. The predicted octanol–water partition coefficient (Wildman–Crippen LogP) is 5.17. The number of hydrogen-bond donors (Lipinski definition) is 8. The third-order valence-electron chi connectivity index (χ3n) is 15.4. The molecule has 8 amide bonds. The molecule has 8 N–H and O–H groups in total. The molecule has 2 heterocycles. The van der Waals surface area contributed by atoms with E-state index in [4.69, 9.17) is 0 Å². The number of likely N-dealkylation sites (N-methyl/N-ethyl adjacent to an activating group) is 2. The van der Waals surface area contributed by atoms with Crippen LogP contribution in [0.4, 0.5) is 0 Å². The largest absolute Gasteiger partial charge is 0.347 e. The number of amides is 8. The van der Waals surface area contributed by atoms with E-state index in [0.717, 1.165) is 22.3 Å². The van der Waals surface area contributed by atoms with Crippen molar-refractivity contribution in [3.8, 4) is 0 Å². The molecule has 2 aliphatic heterocycles. The summed E-state index contributed by atoms with van der Waals surface area (Å²) in [5.74, 6) is -3.61. The Bertz CT molecular complexity index is 2740. The van der Waals surface area contributed by atoms with Crippen molar-refractivity contribution >= 4 is 47.3 Å². The van der Waals surface area contributed by atoms with Gasteiger partial charge in [-0.15, -0.1) is 0 Å². The number of benzene rings is 5. The minimum absolute atomic E-state index is 0.0362. The van der Waals surface area contributed by atoms with Gasteiger partial charge in [-0.1, -0.05) is 163 Å². The molecule has 0 bridgehead atoms. The summed E-state index contributed by atoms with van der Waals surface area (Å²) in [6.45, 7) is 14.3. The Morgan fingerprint density at radius 3 is 0.963 bits per heavy atom. The number of carbonyl (C=O) groups excluding carboxylic acids is 8. The van der Waals surface area contributed by atoms with E-state index in [1.165, 1.54) is 34.1 Å². The number of nitrogens with one attached hydrogen (secondary N) is 8. The van der Waals surface area contributed by atoms with Crippen LogP contribution in [-0.2, 0) is 28.8 Å². The molecule has 8 atom stereocenters. The van der Waals surface area contributed by atoms with Gasteiger partial charge in [-0.25, -0.2) is 0 Å². The number of likely N-dealkylation sites (tertiary alicyclic amines) is 2. The molecule has 0 aromatic heterocycles. The minimum Gasteiger partial charge on any atom is -0.347 e. The third kappa shape index (κ3) is 15.2. The third-order valence-corrected chi connectivity index (χ3v) is 15.4. The predicted molar refractivity (Wildman–Crippen MR) is 315 cm³/mol. The zero-order chi connectivity index (χ0) is 59.5. The summed E-state index contributed by atoms with van der Waals surface area (Å²) in [5, 5.41) is 24.1. The smallest absolute Gasteiger partial charge is 0.251 e. The second-order valence-corrected chi connectivity index (χ2v) is 23.6. The molecule has 434 valence electrons. The van der Waals surface area contributed by atoms with Gasteiger partial charge >= 0.3 is 0 Å². The molecular weight excluding hydrogens is 1040 g/mol. The van der Waals surface area contributed by atoms with Crippen LogP contribution in [0.25, 0.3) is 0 Å². The molecule has 0 radical (unpaired) electrons. The van der Waals surface area contributed by atoms with Crippen molar-refractivity contribution in [2.24, 2.45) is 10.8 Å². The average molecular weight is 1120 g/mol. The van der Waals surface area contributed by atoms with E-state index in [0.29, 0.717) is 0 Å². The first-order valence-electron chi connectivity index (χ1n) is 28.1. The summed E-state index contributed by atoms with van der Waals surface area (Å²) in [6, 6.07) is 36.1. The fourth-order valence-electron chi connectivity index (χ4n) is 10.4. The van der Waals surface area contributed by atoms with E-state index < -0.39 is 107 Å². The quantitative estimate of drug-likeness (QED) is 0.0509. The SMILES string of the molecule is CN[C@@H](C)C(=O)NC(C(=O)N1C[C@@H](NC(=O)c2ccc(C(=O)N[C@H]3C[C@@H](C(=O)NC(c4ccccc4)c4ccccc4)N(C(=O)[C@@H](NC(=O)[C@H](C)NC)C(C)(C)C)C3)cc2)C[C@H]1C(=O)NC(c1ccccc1)c1ccccc1)C(C)(C)C. The highest BCUT2D eigenvalue weighted by molar-refractivity contribution is 5.99. The normalized spacial score (nSPS) is 18.6. The molecule has 18 nitrogen and oxygen atoms in total. The summed E-state index contributed by atoms with van der Waals surface area (Å²) in [7, 11) is 3.29. The van der Waals surface area contributed by atoms with E-state index in [1.54, 1.807) is 27.9 Å². The lowest BCUT2D eigenvalue weighted by Crippen LogP contribution is -2.59. The van der Waals surface area contributed by atoms with Crippen LogP contribution in [0.3, 0.4) is 0 Å². The fraction of sp³-hybridized carbons (Fsp3) is 0.406. The van der Waals surface area contributed by atoms with Gasteiger partial charge in [0, 0.05) is 36.3 Å². The lowest BCUT2D eigenvalue weighted by Gasteiger charge is -2.36. The van der Waals surface area contributed by atoms with E-state index in [9.17, 15) is 38.4 Å². The number of carbonyl (C=O) groups is 8. The molecule has 18 heteroatoms. The van der Waals surface area contributed by atoms with Crippen LogP contribution in [-0.4, -0.2) is 133 Å². The molecule has 2 fully saturated rings. The highest BCUT2D eigenvalue weighted by Crippen LogP contribution is 2.31. The maximum Gasteiger partial charge on any atom is 0.251 e. The van der Waals surface area contributed by atoms with Crippen molar-refractivity contribution in [1.82, 2.24) is 52.3 Å². The second-order valence-electron chi connectivity index (χ2n) is 23.6. The van der Waals surface area contributed by atoms with Gasteiger partial charge in [-0.3, -0.25) is 38.4 Å². The van der Waals surface area contributed by atoms with E-state index >= 15 is 0 Å². The second kappa shape index (κ2) is 27.0. The first-order chi connectivity index (χ1) is 39.0. The van der Waals surface area contributed by atoms with Gasteiger partial charge in [-0.05, 0) is 98.1 Å². The van der Waals surface area contributed by atoms with Gasteiger partial charge in [0.15, 0.2) is 0 Å². The van der Waals surface area contributed by atoms with Gasteiger partial charge in [0.1, 0.15) is 24.2 Å². The van der Waals surface area contributed by atoms with Crippen LogP contribution >= 0.6 is 0 Å². The average Bonchev–Trinajstić information content (AvgIpc) is 4.33. The van der Waals surface area contributed by atoms with Crippen LogP contribution in [0.1, 0.15) is 123 Å². The number of hydrogen-bond acceptors (Lipinski definition) is 10. The van der Waals surface area contributed by atoms with Gasteiger partial charge in [0.05, 0.1) is 24.2 Å². The summed E-state index contributed by atoms with van der Waals surface area (Å²) in [4.78, 5) is 117. The Morgan fingerprint density at radius 1 is 0.427 bits per heavy atom. The summed E-state index contributed by atoms with van der Waals surface area (Å²) >= 11 is 0. The monoisotopic (exact) mass is 1120 g/mol. The first-order valence-corrected chi connectivity index (χ1v) is 28.1. The van der Waals surface area contributed by atoms with Crippen LogP contribution in [0.15, 0.2) is 146 Å². The van der Waals surface area contributed by atoms with E-state index in [-0.39, 0.29) is 48.9 Å². The Kier molecular flexibility index (Phi) is 20.2. The van der Waals surface area contributed by atoms with Gasteiger partial charge in [0.2, 0.25) is 35.4 Å². The summed E-state index contributed by atoms with van der Waals surface area (Å²) in [5.41, 5.74) is 2.19. The molecule has 7 rings (SSSR count). The lowest BCUT2D eigenvalue weighted by atomic mass is 9.85. The van der Waals surface area contributed by atoms with E-state index in [1.807, 2.05) is 163 Å². The Morgan fingerprint density at radius 2 is 0.707 bits per heavy atom. The van der Waals surface area contributed by atoms with Crippen molar-refractivity contribution in [1.29, 1.82) is 0 Å². The zero-order valence-corrected chi connectivity index (χ0v) is 48.6. The van der Waals surface area contributed by atoms with Gasteiger partial charge in [0.25, 0.3) is 11.8 Å². The van der Waals surface area contributed by atoms with Crippen LogP contribution in [0.2, 0.25) is 0 Å². The highest BCUT2D eigenvalue weighted by atomic mass is 16.2. The molecule has 82 heavy (non-hydrogen) atoms. The maximum atomic E-state index is 14.8. The molecule has 2 aliphatic rings.